The van der Waals surface area contributed by atoms with Gasteiger partial charge in [-0.2, -0.15) is 0 Å². The summed E-state index contributed by atoms with van der Waals surface area (Å²) in [5, 5.41) is 8.79. The van der Waals surface area contributed by atoms with Crippen LogP contribution in [-0.2, 0) is 11.3 Å². The minimum atomic E-state index is -0.799. The van der Waals surface area contributed by atoms with E-state index in [9.17, 15) is 9.59 Å². The third kappa shape index (κ3) is 3.31. The van der Waals surface area contributed by atoms with E-state index in [0.29, 0.717) is 19.6 Å². The predicted molar refractivity (Wildman–Crippen MR) is 72.2 cm³/mol. The van der Waals surface area contributed by atoms with E-state index in [1.165, 1.54) is 0 Å². The fourth-order valence-electron chi connectivity index (χ4n) is 2.56. The number of hydrogen-bond acceptors (Lipinski definition) is 3. The summed E-state index contributed by atoms with van der Waals surface area (Å²) in [6.45, 7) is 3.53. The molecule has 0 saturated carbocycles. The molecule has 110 valence electrons. The van der Waals surface area contributed by atoms with Gasteiger partial charge in [0.05, 0.1) is 12.8 Å². The second-order valence-corrected chi connectivity index (χ2v) is 5.34. The number of aryl methyl sites for hydroxylation is 1. The monoisotopic (exact) mass is 280 g/mol. The number of likely N-dealkylation sites (tertiary alicyclic amines) is 1. The number of carbonyl (C=O) groups excluding carboxylic acids is 1. The molecular formula is C14H20N2O4. The van der Waals surface area contributed by atoms with Gasteiger partial charge in [-0.1, -0.05) is 0 Å². The molecule has 1 saturated heterocycles. The third-order valence-electron chi connectivity index (χ3n) is 3.72. The van der Waals surface area contributed by atoms with Gasteiger partial charge in [0.1, 0.15) is 5.76 Å². The molecule has 1 aromatic heterocycles. The van der Waals surface area contributed by atoms with Crippen LogP contribution in [-0.4, -0.2) is 47.0 Å². The number of hydrogen-bond donors (Lipinski definition) is 1. The van der Waals surface area contributed by atoms with E-state index < -0.39 is 5.97 Å². The van der Waals surface area contributed by atoms with Gasteiger partial charge < -0.3 is 19.3 Å². The average Bonchev–Trinajstić information content (AvgIpc) is 2.98. The van der Waals surface area contributed by atoms with E-state index in [0.717, 1.165) is 17.7 Å². The first-order chi connectivity index (χ1) is 9.47. The highest BCUT2D eigenvalue weighted by atomic mass is 16.4. The number of urea groups is 1. The molecule has 6 nitrogen and oxygen atoms in total. The molecule has 1 fully saturated rings. The Labute approximate surface area is 118 Å². The van der Waals surface area contributed by atoms with Gasteiger partial charge in [-0.3, -0.25) is 4.79 Å². The largest absolute Gasteiger partial charge is 0.481 e. The van der Waals surface area contributed by atoms with Crippen LogP contribution in [0.3, 0.4) is 0 Å². The smallest absolute Gasteiger partial charge is 0.320 e. The highest BCUT2D eigenvalue weighted by molar-refractivity contribution is 5.74. The second-order valence-electron chi connectivity index (χ2n) is 5.34. The number of carbonyl (C=O) groups is 2. The van der Waals surface area contributed by atoms with Crippen molar-refractivity contribution < 1.29 is 19.1 Å². The van der Waals surface area contributed by atoms with Crippen molar-refractivity contribution in [3.05, 3.63) is 23.7 Å². The van der Waals surface area contributed by atoms with Crippen LogP contribution in [0.4, 0.5) is 4.79 Å². The summed E-state index contributed by atoms with van der Waals surface area (Å²) in [4.78, 5) is 26.3. The number of aliphatic carboxylic acids is 1. The predicted octanol–water partition coefficient (Wildman–Crippen LogP) is 1.94. The van der Waals surface area contributed by atoms with E-state index in [4.69, 9.17) is 9.52 Å². The van der Waals surface area contributed by atoms with Crippen LogP contribution in [0.15, 0.2) is 16.7 Å². The number of nitrogens with zero attached hydrogens (tertiary/aromatic N) is 2. The van der Waals surface area contributed by atoms with Crippen LogP contribution < -0.4 is 0 Å². The molecule has 0 spiro atoms. The summed E-state index contributed by atoms with van der Waals surface area (Å²) >= 11 is 0. The average molecular weight is 280 g/mol. The minimum absolute atomic E-state index is 0.0570. The Morgan fingerprint density at radius 3 is 2.90 bits per heavy atom. The lowest BCUT2D eigenvalue weighted by Gasteiger charge is -2.24. The van der Waals surface area contributed by atoms with E-state index in [1.54, 1.807) is 23.1 Å². The molecule has 1 aromatic rings. The molecular weight excluding hydrogens is 260 g/mol. The molecule has 2 amide bonds. The SMILES string of the molecule is Cc1occc1CN(C)C(=O)N1CCC(CC(=O)O)C1. The van der Waals surface area contributed by atoms with Crippen LogP contribution in [0, 0.1) is 12.8 Å². The number of carboxylic acid groups (broad SMARTS) is 1. The van der Waals surface area contributed by atoms with Gasteiger partial charge in [0.25, 0.3) is 0 Å². The van der Waals surface area contributed by atoms with Gasteiger partial charge in [-0.15, -0.1) is 0 Å². The zero-order valence-corrected chi connectivity index (χ0v) is 11.8. The standard InChI is InChI=1S/C14H20N2O4/c1-10-12(4-6-20-10)9-15(2)14(19)16-5-3-11(8-16)7-13(17)18/h4,6,11H,3,5,7-9H2,1-2H3,(H,17,18). The Balaban J connectivity index is 1.88. The molecule has 1 aliphatic heterocycles. The van der Waals surface area contributed by atoms with Gasteiger partial charge in [-0.05, 0) is 25.3 Å². The maximum absolute atomic E-state index is 12.3. The molecule has 2 heterocycles. The van der Waals surface area contributed by atoms with Gasteiger partial charge in [0.2, 0.25) is 0 Å². The molecule has 1 atom stereocenters. The van der Waals surface area contributed by atoms with Gasteiger partial charge >= 0.3 is 12.0 Å². The number of rotatable bonds is 4. The lowest BCUT2D eigenvalue weighted by molar-refractivity contribution is -0.138. The van der Waals surface area contributed by atoms with Crippen molar-refractivity contribution in [1.82, 2.24) is 9.80 Å². The maximum Gasteiger partial charge on any atom is 0.320 e. The van der Waals surface area contributed by atoms with Crippen molar-refractivity contribution >= 4 is 12.0 Å². The van der Waals surface area contributed by atoms with Gasteiger partial charge in [0.15, 0.2) is 0 Å². The molecule has 1 aliphatic rings. The topological polar surface area (TPSA) is 74.0 Å². The summed E-state index contributed by atoms with van der Waals surface area (Å²) < 4.78 is 5.21. The third-order valence-corrected chi connectivity index (χ3v) is 3.72. The first-order valence-electron chi connectivity index (χ1n) is 6.72. The summed E-state index contributed by atoms with van der Waals surface area (Å²) in [5.74, 6) is 0.0852. The van der Waals surface area contributed by atoms with Crippen molar-refractivity contribution in [3.8, 4) is 0 Å². The van der Waals surface area contributed by atoms with Crippen molar-refractivity contribution in [3.63, 3.8) is 0 Å². The fraction of sp³-hybridized carbons (Fsp3) is 0.571. The van der Waals surface area contributed by atoms with Crippen molar-refractivity contribution in [1.29, 1.82) is 0 Å². The Morgan fingerprint density at radius 1 is 1.55 bits per heavy atom. The molecule has 1 N–H and O–H groups in total. The Hall–Kier alpha value is -1.98. The molecule has 0 radical (unpaired) electrons. The summed E-state index contributed by atoms with van der Waals surface area (Å²) in [6, 6.07) is 1.80. The molecule has 2 rings (SSSR count). The highest BCUT2D eigenvalue weighted by Crippen LogP contribution is 2.21. The van der Waals surface area contributed by atoms with Crippen molar-refractivity contribution in [2.75, 3.05) is 20.1 Å². The molecule has 0 bridgehead atoms. The quantitative estimate of drug-likeness (QED) is 0.914. The van der Waals surface area contributed by atoms with Crippen molar-refractivity contribution in [2.24, 2.45) is 5.92 Å². The van der Waals surface area contributed by atoms with E-state index in [2.05, 4.69) is 0 Å². The summed E-state index contributed by atoms with van der Waals surface area (Å²) in [7, 11) is 1.75. The lowest BCUT2D eigenvalue weighted by Crippen LogP contribution is -2.39. The van der Waals surface area contributed by atoms with E-state index >= 15 is 0 Å². The van der Waals surface area contributed by atoms with E-state index in [1.807, 2.05) is 13.0 Å². The molecule has 0 aromatic carbocycles. The second kappa shape index (κ2) is 5.98. The Morgan fingerprint density at radius 2 is 2.30 bits per heavy atom. The lowest BCUT2D eigenvalue weighted by atomic mass is 10.1. The van der Waals surface area contributed by atoms with Crippen LogP contribution in [0.25, 0.3) is 0 Å². The zero-order chi connectivity index (χ0) is 14.7. The number of amides is 2. The van der Waals surface area contributed by atoms with Crippen LogP contribution >= 0.6 is 0 Å². The highest BCUT2D eigenvalue weighted by Gasteiger charge is 2.29. The maximum atomic E-state index is 12.3. The van der Waals surface area contributed by atoms with Crippen molar-refractivity contribution in [2.45, 2.75) is 26.3 Å². The zero-order valence-electron chi connectivity index (χ0n) is 11.8. The number of carboxylic acids is 1. The van der Waals surface area contributed by atoms with Crippen LogP contribution in [0.5, 0.6) is 0 Å². The Bertz CT molecular complexity index is 497. The van der Waals surface area contributed by atoms with Gasteiger partial charge in [-0.25, -0.2) is 4.79 Å². The summed E-state index contributed by atoms with van der Waals surface area (Å²) in [6.07, 6.45) is 2.51. The fourth-order valence-corrected chi connectivity index (χ4v) is 2.56. The first kappa shape index (κ1) is 14.4. The summed E-state index contributed by atoms with van der Waals surface area (Å²) in [5.41, 5.74) is 0.988. The molecule has 0 aliphatic carbocycles. The van der Waals surface area contributed by atoms with E-state index in [-0.39, 0.29) is 18.4 Å². The molecule has 20 heavy (non-hydrogen) atoms. The number of furan rings is 1. The van der Waals surface area contributed by atoms with Gasteiger partial charge in [0, 0.05) is 32.1 Å². The van der Waals surface area contributed by atoms with Crippen LogP contribution in [0.2, 0.25) is 0 Å². The molecule has 1 unspecified atom stereocenters. The Kier molecular flexibility index (Phi) is 4.32. The van der Waals surface area contributed by atoms with Crippen LogP contribution in [0.1, 0.15) is 24.2 Å². The first-order valence-corrected chi connectivity index (χ1v) is 6.72. The normalized spacial score (nSPS) is 18.3. The minimum Gasteiger partial charge on any atom is -0.481 e. The molecule has 6 heteroatoms.